The van der Waals surface area contributed by atoms with Crippen molar-refractivity contribution >= 4 is 96.9 Å². The number of rotatable bonds is 5. The van der Waals surface area contributed by atoms with Crippen molar-refractivity contribution in [3.05, 3.63) is 77.6 Å². The number of sulfonamides is 1. The van der Waals surface area contributed by atoms with Gasteiger partial charge in [0.1, 0.15) is 4.90 Å². The molecule has 4 nitrogen and oxygen atoms in total. The molecule has 0 aliphatic carbocycles. The van der Waals surface area contributed by atoms with Crippen LogP contribution >= 0.6 is 81.2 Å². The van der Waals surface area contributed by atoms with Gasteiger partial charge < -0.3 is 4.74 Å². The first-order valence-corrected chi connectivity index (χ1v) is 11.9. The molecule has 0 spiro atoms. The molecule has 1 N–H and O–H groups in total. The zero-order chi connectivity index (χ0) is 22.2. The zero-order valence-electron chi connectivity index (χ0n) is 14.3. The van der Waals surface area contributed by atoms with Crippen LogP contribution in [-0.2, 0) is 10.0 Å². The maximum atomic E-state index is 12.7. The van der Waals surface area contributed by atoms with E-state index in [4.69, 9.17) is 85.9 Å². The second kappa shape index (κ2) is 9.39. The highest BCUT2D eigenvalue weighted by Gasteiger charge is 2.21. The van der Waals surface area contributed by atoms with Gasteiger partial charge in [0, 0.05) is 10.0 Å². The molecule has 0 unspecified atom stereocenters. The summed E-state index contributed by atoms with van der Waals surface area (Å²) in [4.78, 5) is -0.166. The summed E-state index contributed by atoms with van der Waals surface area (Å²) in [5.74, 6) is 0.115. The number of hydrogen-bond acceptors (Lipinski definition) is 3. The molecule has 0 atom stereocenters. The van der Waals surface area contributed by atoms with Crippen molar-refractivity contribution in [3.63, 3.8) is 0 Å². The summed E-state index contributed by atoms with van der Waals surface area (Å²) in [7, 11) is -4.04. The predicted molar refractivity (Wildman–Crippen MR) is 125 cm³/mol. The Morgan fingerprint density at radius 3 is 1.60 bits per heavy atom. The van der Waals surface area contributed by atoms with Gasteiger partial charge in [0.05, 0.1) is 30.8 Å². The molecule has 0 heterocycles. The molecule has 0 aliphatic heterocycles. The van der Waals surface area contributed by atoms with Crippen LogP contribution in [0.25, 0.3) is 0 Å². The van der Waals surface area contributed by atoms with Gasteiger partial charge >= 0.3 is 0 Å². The molecular weight excluding hydrogens is 558 g/mol. The Morgan fingerprint density at radius 1 is 0.633 bits per heavy atom. The standard InChI is InChI=1S/C18H8Cl7NO3S/c19-8-1-2-16(11(21)3-8)30(27,28)26-10-6-14(24)18(15(25)7-10)29-17-12(22)4-9(20)5-13(17)23/h1-7,26H. The molecule has 12 heteroatoms. The maximum Gasteiger partial charge on any atom is 0.263 e. The van der Waals surface area contributed by atoms with E-state index in [1.54, 1.807) is 0 Å². The SMILES string of the molecule is O=S(=O)(Nc1cc(Cl)c(Oc2c(Cl)cc(Cl)cc2Cl)c(Cl)c1)c1ccc(Cl)cc1Cl. The molecule has 158 valence electrons. The summed E-state index contributed by atoms with van der Waals surface area (Å²) >= 11 is 42.4. The van der Waals surface area contributed by atoms with Gasteiger partial charge in [0.15, 0.2) is 11.5 Å². The van der Waals surface area contributed by atoms with Gasteiger partial charge in [-0.05, 0) is 42.5 Å². The van der Waals surface area contributed by atoms with Crippen LogP contribution in [0, 0.1) is 0 Å². The van der Waals surface area contributed by atoms with E-state index >= 15 is 0 Å². The molecule has 3 rings (SSSR count). The molecule has 0 amide bonds. The Balaban J connectivity index is 1.93. The number of nitrogens with one attached hydrogen (secondary N) is 1. The van der Waals surface area contributed by atoms with Crippen molar-refractivity contribution in [3.8, 4) is 11.5 Å². The first-order chi connectivity index (χ1) is 14.0. The maximum absolute atomic E-state index is 12.7. The quantitative estimate of drug-likeness (QED) is 0.336. The van der Waals surface area contributed by atoms with Crippen LogP contribution in [0.4, 0.5) is 5.69 Å². The minimum absolute atomic E-state index is 0.00415. The second-order valence-corrected chi connectivity index (χ2v) is 10.3. The molecule has 0 aromatic heterocycles. The Morgan fingerprint density at radius 2 is 1.10 bits per heavy atom. The molecule has 0 saturated heterocycles. The summed E-state index contributed by atoms with van der Waals surface area (Å²) in [6, 6.07) is 9.48. The predicted octanol–water partition coefficient (Wildman–Crippen LogP) is 8.85. The summed E-state index contributed by atoms with van der Waals surface area (Å²) < 4.78 is 33.3. The van der Waals surface area contributed by atoms with E-state index in [1.165, 1.54) is 42.5 Å². The zero-order valence-corrected chi connectivity index (χ0v) is 20.4. The molecule has 0 radical (unpaired) electrons. The van der Waals surface area contributed by atoms with Gasteiger partial charge in [-0.2, -0.15) is 0 Å². The Kier molecular flexibility index (Phi) is 7.48. The van der Waals surface area contributed by atoms with Gasteiger partial charge in [0.25, 0.3) is 10.0 Å². The van der Waals surface area contributed by atoms with Gasteiger partial charge in [-0.15, -0.1) is 0 Å². The Bertz CT molecular complexity index is 1200. The van der Waals surface area contributed by atoms with E-state index in [0.717, 1.165) is 0 Å². The molecular formula is C18H8Cl7NO3S. The first kappa shape index (κ1) is 23.9. The fourth-order valence-electron chi connectivity index (χ4n) is 2.35. The first-order valence-electron chi connectivity index (χ1n) is 7.77. The lowest BCUT2D eigenvalue weighted by Crippen LogP contribution is -2.13. The number of benzene rings is 3. The van der Waals surface area contributed by atoms with E-state index in [0.29, 0.717) is 10.0 Å². The van der Waals surface area contributed by atoms with Crippen molar-refractivity contribution in [2.24, 2.45) is 0 Å². The number of halogens is 7. The minimum atomic E-state index is -4.04. The third kappa shape index (κ3) is 5.34. The molecule has 30 heavy (non-hydrogen) atoms. The largest absolute Gasteiger partial charge is 0.451 e. The Hall–Kier alpha value is -0.760. The summed E-state index contributed by atoms with van der Waals surface area (Å²) in [5.41, 5.74) is 0.0802. The van der Waals surface area contributed by atoms with E-state index in [9.17, 15) is 8.42 Å². The van der Waals surface area contributed by atoms with E-state index in [1.807, 2.05) is 0 Å². The molecule has 0 saturated carbocycles. The van der Waals surface area contributed by atoms with Crippen LogP contribution in [-0.4, -0.2) is 8.42 Å². The lowest BCUT2D eigenvalue weighted by atomic mass is 10.3. The van der Waals surface area contributed by atoms with Crippen LogP contribution in [0.15, 0.2) is 47.4 Å². The summed E-state index contributed by atoms with van der Waals surface area (Å²) in [6.07, 6.45) is 0. The molecule has 0 bridgehead atoms. The van der Waals surface area contributed by atoms with Crippen molar-refractivity contribution in [2.75, 3.05) is 4.72 Å². The Labute approximate surface area is 207 Å². The average molecular weight is 567 g/mol. The number of hydrogen-bond donors (Lipinski definition) is 1. The van der Waals surface area contributed by atoms with Gasteiger partial charge in [-0.25, -0.2) is 8.42 Å². The molecule has 3 aromatic carbocycles. The highest BCUT2D eigenvalue weighted by atomic mass is 35.5. The van der Waals surface area contributed by atoms with Crippen LogP contribution in [0.5, 0.6) is 11.5 Å². The van der Waals surface area contributed by atoms with Gasteiger partial charge in [-0.1, -0.05) is 81.2 Å². The lowest BCUT2D eigenvalue weighted by Gasteiger charge is -2.15. The average Bonchev–Trinajstić information content (AvgIpc) is 2.58. The van der Waals surface area contributed by atoms with Crippen molar-refractivity contribution < 1.29 is 13.2 Å². The normalized spacial score (nSPS) is 11.4. The van der Waals surface area contributed by atoms with Crippen molar-refractivity contribution in [1.29, 1.82) is 0 Å². The molecule has 0 fully saturated rings. The topological polar surface area (TPSA) is 55.4 Å². The van der Waals surface area contributed by atoms with E-state index < -0.39 is 10.0 Å². The van der Waals surface area contributed by atoms with Crippen molar-refractivity contribution in [2.45, 2.75) is 4.90 Å². The fraction of sp³-hybridized carbons (Fsp3) is 0. The number of ether oxygens (including phenoxy) is 1. The second-order valence-electron chi connectivity index (χ2n) is 5.75. The van der Waals surface area contributed by atoms with Crippen LogP contribution < -0.4 is 9.46 Å². The third-order valence-corrected chi connectivity index (χ3v) is 7.04. The highest BCUT2D eigenvalue weighted by molar-refractivity contribution is 7.92. The van der Waals surface area contributed by atoms with Crippen LogP contribution in [0.2, 0.25) is 35.2 Å². The van der Waals surface area contributed by atoms with Gasteiger partial charge in [-0.3, -0.25) is 4.72 Å². The van der Waals surface area contributed by atoms with Gasteiger partial charge in [0.2, 0.25) is 0 Å². The summed E-state index contributed by atoms with van der Waals surface area (Å²) in [6.45, 7) is 0. The lowest BCUT2D eigenvalue weighted by molar-refractivity contribution is 0.484. The third-order valence-electron chi connectivity index (χ3n) is 3.60. The smallest absolute Gasteiger partial charge is 0.263 e. The van der Waals surface area contributed by atoms with Crippen molar-refractivity contribution in [1.82, 2.24) is 0 Å². The van der Waals surface area contributed by atoms with E-state index in [2.05, 4.69) is 4.72 Å². The highest BCUT2D eigenvalue weighted by Crippen LogP contribution is 2.44. The number of anilines is 1. The van der Waals surface area contributed by atoms with E-state index in [-0.39, 0.29) is 47.2 Å². The minimum Gasteiger partial charge on any atom is -0.451 e. The van der Waals surface area contributed by atoms with Crippen LogP contribution in [0.3, 0.4) is 0 Å². The van der Waals surface area contributed by atoms with Crippen LogP contribution in [0.1, 0.15) is 0 Å². The molecule has 3 aromatic rings. The fourth-order valence-corrected chi connectivity index (χ4v) is 5.62. The molecule has 0 aliphatic rings. The monoisotopic (exact) mass is 563 g/mol. The summed E-state index contributed by atoms with van der Waals surface area (Å²) in [5, 5.41) is 0.864.